The Labute approximate surface area is 133 Å². The quantitative estimate of drug-likeness (QED) is 0.867. The number of aromatic nitrogens is 1. The summed E-state index contributed by atoms with van der Waals surface area (Å²) in [5.41, 5.74) is -0.566. The Morgan fingerprint density at radius 3 is 2.64 bits per heavy atom. The fraction of sp³-hybridized carbons (Fsp3) is 0.643. The van der Waals surface area contributed by atoms with E-state index in [0.717, 1.165) is 12.8 Å². The summed E-state index contributed by atoms with van der Waals surface area (Å²) in [6, 6.07) is 0. The normalized spacial score (nSPS) is 15.8. The topological polar surface area (TPSA) is 89.5 Å². The molecular formula is C14H21N3O4S. The second-order valence-corrected chi connectivity index (χ2v) is 6.96. The highest BCUT2D eigenvalue weighted by Gasteiger charge is 2.50. The van der Waals surface area contributed by atoms with Crippen LogP contribution in [0.1, 0.15) is 33.6 Å². The van der Waals surface area contributed by atoms with Gasteiger partial charge < -0.3 is 20.1 Å². The summed E-state index contributed by atoms with van der Waals surface area (Å²) in [5, 5.41) is 7.19. The third-order valence-electron chi connectivity index (χ3n) is 3.28. The Hall–Kier alpha value is -1.83. The minimum atomic E-state index is -0.566. The van der Waals surface area contributed by atoms with Crippen molar-refractivity contribution in [1.29, 1.82) is 0 Å². The molecule has 0 atom stereocenters. The van der Waals surface area contributed by atoms with Crippen molar-refractivity contribution in [2.45, 2.75) is 39.2 Å². The van der Waals surface area contributed by atoms with Crippen LogP contribution in [-0.2, 0) is 9.53 Å². The molecule has 0 radical (unpaired) electrons. The number of ether oxygens (including phenoxy) is 2. The standard InChI is InChI=1S/C14H21N3O4S/c1-13(2,3)21-12(19)15-8-14(5-6-14)11(18)16-9-7-22-17-10(9)20-4/h7H,5-6,8H2,1-4H3,(H,15,19)(H,16,18). The van der Waals surface area contributed by atoms with Crippen LogP contribution in [-0.4, -0.2) is 35.6 Å². The Morgan fingerprint density at radius 1 is 1.41 bits per heavy atom. The minimum absolute atomic E-state index is 0.137. The number of hydrogen-bond acceptors (Lipinski definition) is 6. The Balaban J connectivity index is 1.88. The summed E-state index contributed by atoms with van der Waals surface area (Å²) < 4.78 is 14.3. The smallest absolute Gasteiger partial charge is 0.407 e. The lowest BCUT2D eigenvalue weighted by molar-refractivity contribution is -0.120. The monoisotopic (exact) mass is 327 g/mol. The fourth-order valence-corrected chi connectivity index (χ4v) is 2.49. The van der Waals surface area contributed by atoms with E-state index in [4.69, 9.17) is 9.47 Å². The highest BCUT2D eigenvalue weighted by atomic mass is 32.1. The number of hydrogen-bond donors (Lipinski definition) is 2. The van der Waals surface area contributed by atoms with E-state index in [1.54, 1.807) is 26.2 Å². The van der Waals surface area contributed by atoms with Crippen LogP contribution in [0.4, 0.5) is 10.5 Å². The zero-order valence-electron chi connectivity index (χ0n) is 13.2. The van der Waals surface area contributed by atoms with Gasteiger partial charge in [0.05, 0.1) is 12.5 Å². The number of anilines is 1. The maximum Gasteiger partial charge on any atom is 0.407 e. The van der Waals surface area contributed by atoms with Gasteiger partial charge in [0.15, 0.2) is 0 Å². The molecule has 0 spiro atoms. The van der Waals surface area contributed by atoms with Crippen molar-refractivity contribution in [2.75, 3.05) is 19.0 Å². The molecule has 8 heteroatoms. The first-order valence-corrected chi connectivity index (χ1v) is 7.86. The third kappa shape index (κ3) is 4.09. The van der Waals surface area contributed by atoms with Gasteiger partial charge in [0.2, 0.25) is 11.8 Å². The van der Waals surface area contributed by atoms with Crippen LogP contribution in [0.3, 0.4) is 0 Å². The molecule has 0 aliphatic heterocycles. The van der Waals surface area contributed by atoms with Crippen LogP contribution in [0.5, 0.6) is 5.88 Å². The number of methoxy groups -OCH3 is 1. The molecule has 1 heterocycles. The lowest BCUT2D eigenvalue weighted by Gasteiger charge is -2.21. The van der Waals surface area contributed by atoms with E-state index in [9.17, 15) is 9.59 Å². The van der Waals surface area contributed by atoms with Crippen LogP contribution in [0.25, 0.3) is 0 Å². The molecule has 122 valence electrons. The molecule has 0 bridgehead atoms. The summed E-state index contributed by atoms with van der Waals surface area (Å²) in [4.78, 5) is 24.1. The molecule has 0 unspecified atom stereocenters. The van der Waals surface area contributed by atoms with Crippen molar-refractivity contribution >= 4 is 29.2 Å². The molecule has 7 nitrogen and oxygen atoms in total. The van der Waals surface area contributed by atoms with Gasteiger partial charge in [-0.1, -0.05) is 0 Å². The van der Waals surface area contributed by atoms with Gasteiger partial charge in [-0.25, -0.2) is 4.79 Å². The Kier molecular flexibility index (Phi) is 4.60. The SMILES string of the molecule is COc1nscc1NC(=O)C1(CNC(=O)OC(C)(C)C)CC1. The van der Waals surface area contributed by atoms with Crippen LogP contribution in [0.2, 0.25) is 0 Å². The molecule has 1 aliphatic rings. The van der Waals surface area contributed by atoms with E-state index >= 15 is 0 Å². The maximum atomic E-state index is 12.4. The zero-order chi connectivity index (χ0) is 16.4. The summed E-state index contributed by atoms with van der Waals surface area (Å²) in [6.07, 6.45) is 0.949. The average molecular weight is 327 g/mol. The van der Waals surface area contributed by atoms with E-state index in [2.05, 4.69) is 15.0 Å². The van der Waals surface area contributed by atoms with Gasteiger partial charge in [0, 0.05) is 11.9 Å². The largest absolute Gasteiger partial charge is 0.479 e. The Bertz CT molecular complexity index is 561. The van der Waals surface area contributed by atoms with Crippen molar-refractivity contribution in [3.05, 3.63) is 5.38 Å². The Morgan fingerprint density at radius 2 is 2.09 bits per heavy atom. The lowest BCUT2D eigenvalue weighted by Crippen LogP contribution is -2.39. The number of nitrogens with one attached hydrogen (secondary N) is 2. The molecule has 0 saturated heterocycles. The van der Waals surface area contributed by atoms with Crippen molar-refractivity contribution < 1.29 is 19.1 Å². The van der Waals surface area contributed by atoms with Crippen LogP contribution >= 0.6 is 11.5 Å². The number of alkyl carbamates (subject to hydrolysis) is 1. The van der Waals surface area contributed by atoms with E-state index < -0.39 is 17.1 Å². The molecule has 0 aromatic carbocycles. The molecule has 2 rings (SSSR count). The van der Waals surface area contributed by atoms with Crippen LogP contribution < -0.4 is 15.4 Å². The second-order valence-electron chi connectivity index (χ2n) is 6.33. The number of rotatable bonds is 5. The van der Waals surface area contributed by atoms with E-state index in [-0.39, 0.29) is 12.5 Å². The van der Waals surface area contributed by atoms with Gasteiger partial charge in [-0.2, -0.15) is 4.37 Å². The molecular weight excluding hydrogens is 306 g/mol. The van der Waals surface area contributed by atoms with Crippen LogP contribution in [0, 0.1) is 5.41 Å². The highest BCUT2D eigenvalue weighted by molar-refractivity contribution is 7.04. The molecule has 1 aliphatic carbocycles. The first kappa shape index (κ1) is 16.5. The number of nitrogens with zero attached hydrogens (tertiary/aromatic N) is 1. The maximum absolute atomic E-state index is 12.4. The van der Waals surface area contributed by atoms with Gasteiger partial charge in [-0.15, -0.1) is 0 Å². The highest BCUT2D eigenvalue weighted by Crippen LogP contribution is 2.46. The van der Waals surface area contributed by atoms with Gasteiger partial charge >= 0.3 is 6.09 Å². The fourth-order valence-electron chi connectivity index (χ4n) is 1.90. The molecule has 2 N–H and O–H groups in total. The molecule has 22 heavy (non-hydrogen) atoms. The second kappa shape index (κ2) is 6.12. The number of carbonyl (C=O) groups excluding carboxylic acids is 2. The van der Waals surface area contributed by atoms with E-state index in [0.29, 0.717) is 11.6 Å². The average Bonchev–Trinajstić information content (AvgIpc) is 3.08. The summed E-state index contributed by atoms with van der Waals surface area (Å²) >= 11 is 1.21. The van der Waals surface area contributed by atoms with Crippen molar-refractivity contribution in [3.63, 3.8) is 0 Å². The number of amides is 2. The van der Waals surface area contributed by atoms with E-state index in [1.807, 2.05) is 0 Å². The van der Waals surface area contributed by atoms with Gasteiger partial charge in [0.1, 0.15) is 11.3 Å². The van der Waals surface area contributed by atoms with E-state index in [1.165, 1.54) is 18.6 Å². The summed E-state index contributed by atoms with van der Waals surface area (Å²) in [6.45, 7) is 5.64. The van der Waals surface area contributed by atoms with Crippen LogP contribution in [0.15, 0.2) is 5.38 Å². The minimum Gasteiger partial charge on any atom is -0.479 e. The van der Waals surface area contributed by atoms with Gasteiger partial charge in [-0.3, -0.25) is 4.79 Å². The summed E-state index contributed by atoms with van der Waals surface area (Å²) in [7, 11) is 1.50. The predicted octanol–water partition coefficient (Wildman–Crippen LogP) is 2.40. The van der Waals surface area contributed by atoms with Gasteiger partial charge in [0.25, 0.3) is 0 Å². The van der Waals surface area contributed by atoms with Crippen molar-refractivity contribution in [2.24, 2.45) is 5.41 Å². The molecule has 2 amide bonds. The zero-order valence-corrected chi connectivity index (χ0v) is 14.0. The van der Waals surface area contributed by atoms with Crippen molar-refractivity contribution in [3.8, 4) is 5.88 Å². The first-order chi connectivity index (χ1) is 10.3. The third-order valence-corrected chi connectivity index (χ3v) is 3.90. The molecule has 1 fully saturated rings. The number of carbonyl (C=O) groups is 2. The van der Waals surface area contributed by atoms with Gasteiger partial charge in [-0.05, 0) is 45.1 Å². The predicted molar refractivity (Wildman–Crippen MR) is 83.2 cm³/mol. The van der Waals surface area contributed by atoms with Crippen molar-refractivity contribution in [1.82, 2.24) is 9.69 Å². The molecule has 1 aromatic rings. The summed E-state index contributed by atoms with van der Waals surface area (Å²) in [5.74, 6) is 0.260. The molecule has 1 aromatic heterocycles. The molecule has 1 saturated carbocycles. The first-order valence-electron chi connectivity index (χ1n) is 7.02. The lowest BCUT2D eigenvalue weighted by atomic mass is 10.1.